The van der Waals surface area contributed by atoms with Crippen molar-refractivity contribution < 1.29 is 0 Å². The van der Waals surface area contributed by atoms with E-state index < -0.39 is 11.4 Å². The summed E-state index contributed by atoms with van der Waals surface area (Å²) in [5.74, 6) is 0.352. The number of aromatic nitrogens is 3. The molecule has 6 nitrogen and oxygen atoms in total. The van der Waals surface area contributed by atoms with Crippen LogP contribution in [-0.4, -0.2) is 21.5 Å². The third kappa shape index (κ3) is 2.31. The molecule has 66 valence electrons. The lowest BCUT2D eigenvalue weighted by molar-refractivity contribution is 0.673. The molecule has 0 aliphatic heterocycles. The Balaban J connectivity index is 2.86. The summed E-state index contributed by atoms with van der Waals surface area (Å²) in [6.45, 7) is 3.08. The van der Waals surface area contributed by atoms with Gasteiger partial charge in [0.1, 0.15) is 5.82 Å². The largest absolute Gasteiger partial charge is 0.350 e. The van der Waals surface area contributed by atoms with Crippen LogP contribution in [-0.2, 0) is 6.54 Å². The zero-order valence-corrected chi connectivity index (χ0v) is 6.68. The normalized spacial score (nSPS) is 10.1. The Morgan fingerprint density at radius 2 is 2.17 bits per heavy atom. The molecule has 1 heterocycles. The van der Waals surface area contributed by atoms with Gasteiger partial charge in [0.25, 0.3) is 0 Å². The van der Waals surface area contributed by atoms with Gasteiger partial charge in [0, 0.05) is 0 Å². The number of nitrogens with one attached hydrogen (secondary N) is 3. The fraction of sp³-hybridized carbons (Fsp3) is 0.500. The third-order valence-electron chi connectivity index (χ3n) is 1.26. The van der Waals surface area contributed by atoms with E-state index in [1.807, 2.05) is 11.9 Å². The van der Waals surface area contributed by atoms with E-state index in [0.29, 0.717) is 12.4 Å². The molecule has 1 aromatic heterocycles. The molecule has 0 aliphatic carbocycles. The van der Waals surface area contributed by atoms with Crippen molar-refractivity contribution in [2.45, 2.75) is 13.5 Å². The van der Waals surface area contributed by atoms with Gasteiger partial charge in [-0.15, -0.1) is 0 Å². The van der Waals surface area contributed by atoms with E-state index in [1.54, 1.807) is 0 Å². The van der Waals surface area contributed by atoms with Crippen LogP contribution in [0.15, 0.2) is 9.59 Å². The molecule has 0 aliphatic rings. The van der Waals surface area contributed by atoms with E-state index in [9.17, 15) is 9.59 Å². The molecule has 0 unspecified atom stereocenters. The standard InChI is InChI=1S/C6H10N4O2/c1-2-7-3-4-8-5(11)10-6(12)9-4/h7H,2-3H2,1H3,(H2,8,9,10,11,12). The highest BCUT2D eigenvalue weighted by Gasteiger charge is 1.95. The van der Waals surface area contributed by atoms with Gasteiger partial charge in [0.2, 0.25) is 0 Å². The van der Waals surface area contributed by atoms with Crippen LogP contribution >= 0.6 is 0 Å². The molecule has 0 spiro atoms. The zero-order chi connectivity index (χ0) is 8.97. The predicted molar refractivity (Wildman–Crippen MR) is 42.9 cm³/mol. The lowest BCUT2D eigenvalue weighted by atomic mass is 10.5. The number of hydrogen-bond donors (Lipinski definition) is 3. The molecule has 6 heteroatoms. The first kappa shape index (κ1) is 8.66. The van der Waals surface area contributed by atoms with Crippen LogP contribution in [0.2, 0.25) is 0 Å². The molecular weight excluding hydrogens is 160 g/mol. The third-order valence-corrected chi connectivity index (χ3v) is 1.26. The fourth-order valence-corrected chi connectivity index (χ4v) is 0.765. The van der Waals surface area contributed by atoms with Gasteiger partial charge in [-0.05, 0) is 6.54 Å². The van der Waals surface area contributed by atoms with E-state index in [2.05, 4.69) is 15.3 Å². The van der Waals surface area contributed by atoms with Gasteiger partial charge in [0.15, 0.2) is 0 Å². The molecule has 1 aromatic rings. The van der Waals surface area contributed by atoms with Crippen molar-refractivity contribution in [1.29, 1.82) is 0 Å². The predicted octanol–water partition coefficient (Wildman–Crippen LogP) is -1.43. The Kier molecular flexibility index (Phi) is 2.76. The average Bonchev–Trinajstić information content (AvgIpc) is 1.99. The van der Waals surface area contributed by atoms with Crippen molar-refractivity contribution in [3.63, 3.8) is 0 Å². The van der Waals surface area contributed by atoms with Gasteiger partial charge in [0.05, 0.1) is 6.54 Å². The minimum Gasteiger partial charge on any atom is -0.310 e. The van der Waals surface area contributed by atoms with Gasteiger partial charge in [-0.3, -0.25) is 9.97 Å². The first-order valence-corrected chi connectivity index (χ1v) is 3.62. The Hall–Kier alpha value is -1.43. The zero-order valence-electron chi connectivity index (χ0n) is 6.68. The van der Waals surface area contributed by atoms with Crippen LogP contribution in [0.3, 0.4) is 0 Å². The maximum absolute atomic E-state index is 10.7. The minimum atomic E-state index is -0.619. The smallest absolute Gasteiger partial charge is 0.310 e. The second-order valence-electron chi connectivity index (χ2n) is 2.22. The average molecular weight is 170 g/mol. The highest BCUT2D eigenvalue weighted by atomic mass is 16.2. The fourth-order valence-electron chi connectivity index (χ4n) is 0.765. The number of aromatic amines is 2. The molecule has 3 N–H and O–H groups in total. The number of hydrogen-bond acceptors (Lipinski definition) is 4. The SMILES string of the molecule is CCNCc1nc(=O)[nH]c(=O)[nH]1. The number of H-pyrrole nitrogens is 2. The van der Waals surface area contributed by atoms with Gasteiger partial charge in [-0.1, -0.05) is 6.92 Å². The van der Waals surface area contributed by atoms with Crippen LogP contribution < -0.4 is 16.7 Å². The Labute approximate surface area is 68.1 Å². The van der Waals surface area contributed by atoms with Crippen LogP contribution in [0, 0.1) is 0 Å². The van der Waals surface area contributed by atoms with E-state index in [-0.39, 0.29) is 0 Å². The Morgan fingerprint density at radius 3 is 2.75 bits per heavy atom. The van der Waals surface area contributed by atoms with E-state index in [4.69, 9.17) is 0 Å². The molecule has 0 radical (unpaired) electrons. The maximum Gasteiger partial charge on any atom is 0.350 e. The summed E-state index contributed by atoms with van der Waals surface area (Å²) in [6.07, 6.45) is 0. The molecule has 0 saturated heterocycles. The first-order chi connectivity index (χ1) is 5.72. The number of rotatable bonds is 3. The minimum absolute atomic E-state index is 0.352. The summed E-state index contributed by atoms with van der Waals surface area (Å²) < 4.78 is 0. The molecular formula is C6H10N4O2. The van der Waals surface area contributed by atoms with Crippen molar-refractivity contribution >= 4 is 0 Å². The first-order valence-electron chi connectivity index (χ1n) is 3.62. The quantitative estimate of drug-likeness (QED) is 0.518. The molecule has 0 fully saturated rings. The Bertz CT molecular complexity index is 325. The molecule has 1 rings (SSSR count). The summed E-state index contributed by atoms with van der Waals surface area (Å²) in [5.41, 5.74) is -1.14. The summed E-state index contributed by atoms with van der Waals surface area (Å²) in [6, 6.07) is 0. The Morgan fingerprint density at radius 1 is 1.42 bits per heavy atom. The molecule has 0 bridgehead atoms. The summed E-state index contributed by atoms with van der Waals surface area (Å²) >= 11 is 0. The van der Waals surface area contributed by atoms with Crippen LogP contribution in [0.4, 0.5) is 0 Å². The molecule has 0 aromatic carbocycles. The van der Waals surface area contributed by atoms with Crippen LogP contribution in [0.5, 0.6) is 0 Å². The summed E-state index contributed by atoms with van der Waals surface area (Å²) in [5, 5.41) is 2.93. The van der Waals surface area contributed by atoms with Gasteiger partial charge in [-0.2, -0.15) is 4.98 Å². The maximum atomic E-state index is 10.7. The lowest BCUT2D eigenvalue weighted by Gasteiger charge is -1.97. The van der Waals surface area contributed by atoms with E-state index >= 15 is 0 Å². The van der Waals surface area contributed by atoms with Crippen LogP contribution in [0.1, 0.15) is 12.7 Å². The molecule has 0 saturated carbocycles. The van der Waals surface area contributed by atoms with Gasteiger partial charge in [-0.25, -0.2) is 9.59 Å². The topological polar surface area (TPSA) is 90.6 Å². The highest BCUT2D eigenvalue weighted by molar-refractivity contribution is 4.80. The van der Waals surface area contributed by atoms with E-state index in [1.165, 1.54) is 0 Å². The van der Waals surface area contributed by atoms with Crippen molar-refractivity contribution in [3.8, 4) is 0 Å². The molecule has 0 amide bonds. The summed E-state index contributed by atoms with van der Waals surface area (Å²) in [4.78, 5) is 29.3. The van der Waals surface area contributed by atoms with Crippen molar-refractivity contribution in [2.75, 3.05) is 6.54 Å². The van der Waals surface area contributed by atoms with Crippen molar-refractivity contribution in [2.24, 2.45) is 0 Å². The summed E-state index contributed by atoms with van der Waals surface area (Å²) in [7, 11) is 0. The van der Waals surface area contributed by atoms with Crippen molar-refractivity contribution in [3.05, 3.63) is 26.8 Å². The molecule has 0 atom stereocenters. The van der Waals surface area contributed by atoms with Crippen LogP contribution in [0.25, 0.3) is 0 Å². The lowest BCUT2D eigenvalue weighted by Crippen LogP contribution is -2.29. The monoisotopic (exact) mass is 170 g/mol. The van der Waals surface area contributed by atoms with Gasteiger partial charge >= 0.3 is 11.4 Å². The van der Waals surface area contributed by atoms with Gasteiger partial charge < -0.3 is 5.32 Å². The van der Waals surface area contributed by atoms with E-state index in [0.717, 1.165) is 6.54 Å². The second-order valence-corrected chi connectivity index (χ2v) is 2.22. The van der Waals surface area contributed by atoms with Crippen molar-refractivity contribution in [1.82, 2.24) is 20.3 Å². The second kappa shape index (κ2) is 3.82. The molecule has 12 heavy (non-hydrogen) atoms. The number of nitrogens with zero attached hydrogens (tertiary/aromatic N) is 1. The highest BCUT2D eigenvalue weighted by Crippen LogP contribution is 1.76.